The summed E-state index contributed by atoms with van der Waals surface area (Å²) >= 11 is 1.39. The van der Waals surface area contributed by atoms with Crippen LogP contribution >= 0.6 is 11.3 Å². The van der Waals surface area contributed by atoms with Gasteiger partial charge < -0.3 is 15.3 Å². The van der Waals surface area contributed by atoms with Gasteiger partial charge in [-0.25, -0.2) is 19.7 Å². The molecule has 1 saturated heterocycles. The van der Waals surface area contributed by atoms with Gasteiger partial charge in [0.2, 0.25) is 5.95 Å². The first-order chi connectivity index (χ1) is 17.9. The second-order valence-electron chi connectivity index (χ2n) is 8.97. The largest absolute Gasteiger partial charge is 0.481 e. The van der Waals surface area contributed by atoms with E-state index in [1.165, 1.54) is 11.3 Å². The highest BCUT2D eigenvalue weighted by atomic mass is 32.1. The number of aliphatic carboxylic acids is 1. The van der Waals surface area contributed by atoms with Crippen molar-refractivity contribution < 1.29 is 14.7 Å². The molecule has 1 aliphatic rings. The van der Waals surface area contributed by atoms with E-state index in [0.29, 0.717) is 43.6 Å². The summed E-state index contributed by atoms with van der Waals surface area (Å²) in [6.07, 6.45) is 6.38. The minimum Gasteiger partial charge on any atom is -0.481 e. The minimum atomic E-state index is -0.770. The number of hydrogen-bond donors (Lipinski definition) is 3. The molecule has 3 N–H and O–H groups in total. The van der Waals surface area contributed by atoms with E-state index in [9.17, 15) is 14.7 Å². The number of carbonyl (C=O) groups excluding carboxylic acids is 1. The van der Waals surface area contributed by atoms with E-state index in [1.807, 2.05) is 49.1 Å². The third kappa shape index (κ3) is 4.82. The Labute approximate surface area is 217 Å². The van der Waals surface area contributed by atoms with E-state index in [4.69, 9.17) is 0 Å². The molecular formula is C26H27N7O3S. The lowest BCUT2D eigenvalue weighted by Crippen LogP contribution is -2.34. The zero-order chi connectivity index (χ0) is 26.0. The zero-order valence-electron chi connectivity index (χ0n) is 20.6. The van der Waals surface area contributed by atoms with Crippen molar-refractivity contribution in [3.05, 3.63) is 48.9 Å². The number of nitrogens with zero attached hydrogens (tertiary/aromatic N) is 5. The van der Waals surface area contributed by atoms with Crippen molar-refractivity contribution in [1.82, 2.24) is 25.3 Å². The number of nitrogens with one attached hydrogen (secondary N) is 2. The molecule has 1 atom stereocenters. The molecule has 4 heterocycles. The molecule has 5 rings (SSSR count). The number of carboxylic acids is 1. The number of rotatable bonds is 7. The van der Waals surface area contributed by atoms with Crippen molar-refractivity contribution >= 4 is 44.6 Å². The van der Waals surface area contributed by atoms with E-state index in [1.54, 1.807) is 18.6 Å². The summed E-state index contributed by atoms with van der Waals surface area (Å²) in [5.41, 5.74) is 3.33. The van der Waals surface area contributed by atoms with Crippen molar-refractivity contribution in [3.8, 4) is 22.4 Å². The van der Waals surface area contributed by atoms with Gasteiger partial charge in [-0.15, -0.1) is 0 Å². The summed E-state index contributed by atoms with van der Waals surface area (Å²) in [7, 11) is 0. The molecule has 0 saturated carbocycles. The average Bonchev–Trinajstić information content (AvgIpc) is 3.54. The van der Waals surface area contributed by atoms with E-state index < -0.39 is 11.4 Å². The number of carbonyl (C=O) groups is 2. The quantitative estimate of drug-likeness (QED) is 0.323. The molecule has 0 bridgehead atoms. The van der Waals surface area contributed by atoms with Gasteiger partial charge in [-0.3, -0.25) is 15.1 Å². The molecule has 1 aliphatic heterocycles. The first-order valence-corrected chi connectivity index (χ1v) is 13.0. The molecule has 0 aliphatic carbocycles. The zero-order valence-corrected chi connectivity index (χ0v) is 21.4. The Kier molecular flexibility index (Phi) is 6.70. The molecule has 1 fully saturated rings. The molecule has 3 aromatic heterocycles. The number of aromatic nitrogens is 4. The van der Waals surface area contributed by atoms with Gasteiger partial charge in [0.05, 0.1) is 21.3 Å². The molecule has 10 nitrogen and oxygen atoms in total. The number of anilines is 2. The third-order valence-corrected chi connectivity index (χ3v) is 7.75. The Morgan fingerprint density at radius 3 is 2.59 bits per heavy atom. The van der Waals surface area contributed by atoms with Crippen LogP contribution in [0.5, 0.6) is 0 Å². The van der Waals surface area contributed by atoms with Gasteiger partial charge in [0.25, 0.3) is 0 Å². The summed E-state index contributed by atoms with van der Waals surface area (Å²) in [6, 6.07) is 9.40. The summed E-state index contributed by atoms with van der Waals surface area (Å²) in [5.74, 6) is -0.248. The van der Waals surface area contributed by atoms with Crippen molar-refractivity contribution in [1.29, 1.82) is 0 Å². The highest BCUT2D eigenvalue weighted by Crippen LogP contribution is 2.39. The molecular weight excluding hydrogens is 490 g/mol. The van der Waals surface area contributed by atoms with Gasteiger partial charge in [-0.05, 0) is 49.6 Å². The van der Waals surface area contributed by atoms with Gasteiger partial charge in [-0.1, -0.05) is 24.3 Å². The second-order valence-corrected chi connectivity index (χ2v) is 9.97. The fraction of sp³-hybridized carbons (Fsp3) is 0.308. The summed E-state index contributed by atoms with van der Waals surface area (Å²) in [6.45, 7) is 5.28. The molecule has 4 aromatic rings. The van der Waals surface area contributed by atoms with Gasteiger partial charge >= 0.3 is 12.0 Å². The third-order valence-electron chi connectivity index (χ3n) is 6.73. The molecule has 1 aromatic carbocycles. The molecule has 0 radical (unpaired) electrons. The molecule has 190 valence electrons. The monoisotopic (exact) mass is 517 g/mol. The summed E-state index contributed by atoms with van der Waals surface area (Å²) in [4.78, 5) is 44.1. The number of benzene rings is 1. The Hall–Kier alpha value is -4.12. The predicted molar refractivity (Wildman–Crippen MR) is 144 cm³/mol. The number of fused-ring (bicyclic) bond motifs is 1. The molecule has 1 unspecified atom stereocenters. The lowest BCUT2D eigenvalue weighted by molar-refractivity contribution is -0.147. The van der Waals surface area contributed by atoms with E-state index >= 15 is 0 Å². The number of thiazole rings is 1. The number of carboxylic acid groups (broad SMARTS) is 1. The van der Waals surface area contributed by atoms with Crippen molar-refractivity contribution in [2.45, 2.75) is 26.7 Å². The standard InChI is InChI=1S/C26H27N7O3S/c1-3-26(22(34)35)8-10-33(15-26)23-29-13-17(14-30-23)16-11-18(19-7-5-6-9-28-19)21-20(12-16)31-25(37-21)32-24(36)27-4-2/h5-7,9,11-14H,3-4,8,10,15H2,1-2H3,(H,34,35)(H2,27,31,32,36). The molecule has 11 heteroatoms. The topological polar surface area (TPSA) is 133 Å². The van der Waals surface area contributed by atoms with Crippen molar-refractivity contribution in [2.24, 2.45) is 5.41 Å². The average molecular weight is 518 g/mol. The first-order valence-electron chi connectivity index (χ1n) is 12.1. The Balaban J connectivity index is 1.49. The molecule has 0 spiro atoms. The molecule has 37 heavy (non-hydrogen) atoms. The highest BCUT2D eigenvalue weighted by molar-refractivity contribution is 7.22. The van der Waals surface area contributed by atoms with E-state index in [-0.39, 0.29) is 6.03 Å². The fourth-order valence-corrected chi connectivity index (χ4v) is 5.52. The Morgan fingerprint density at radius 1 is 1.14 bits per heavy atom. The first kappa shape index (κ1) is 24.6. The predicted octanol–water partition coefficient (Wildman–Crippen LogP) is 4.65. The van der Waals surface area contributed by atoms with Crippen LogP contribution in [0.4, 0.5) is 15.9 Å². The minimum absolute atomic E-state index is 0.304. The van der Waals surface area contributed by atoms with Crippen LogP contribution in [0.15, 0.2) is 48.9 Å². The van der Waals surface area contributed by atoms with E-state index in [2.05, 4.69) is 30.6 Å². The fourth-order valence-electron chi connectivity index (χ4n) is 4.56. The normalized spacial score (nSPS) is 17.2. The van der Waals surface area contributed by atoms with Gasteiger partial charge in [-0.2, -0.15) is 0 Å². The number of urea groups is 1. The van der Waals surface area contributed by atoms with Crippen LogP contribution in [0.2, 0.25) is 0 Å². The maximum Gasteiger partial charge on any atom is 0.321 e. The van der Waals surface area contributed by atoms with Crippen LogP contribution in [0.25, 0.3) is 32.6 Å². The van der Waals surface area contributed by atoms with Crippen LogP contribution in [0, 0.1) is 5.41 Å². The van der Waals surface area contributed by atoms with Gasteiger partial charge in [0.15, 0.2) is 5.13 Å². The maximum absolute atomic E-state index is 12.0. The van der Waals surface area contributed by atoms with Crippen molar-refractivity contribution in [3.63, 3.8) is 0 Å². The lowest BCUT2D eigenvalue weighted by Gasteiger charge is -2.23. The van der Waals surface area contributed by atoms with E-state index in [0.717, 1.165) is 32.6 Å². The smallest absolute Gasteiger partial charge is 0.321 e. The van der Waals surface area contributed by atoms with Crippen LogP contribution in [-0.2, 0) is 4.79 Å². The Morgan fingerprint density at radius 2 is 1.95 bits per heavy atom. The molecule has 2 amide bonds. The SMILES string of the molecule is CCNC(=O)Nc1nc2cc(-c3cnc(N4CCC(CC)(C(=O)O)C4)nc3)cc(-c3ccccn3)c2s1. The Bertz CT molecular complexity index is 1440. The lowest BCUT2D eigenvalue weighted by atomic mass is 9.84. The van der Waals surface area contributed by atoms with Crippen LogP contribution in [-0.4, -0.2) is 56.7 Å². The van der Waals surface area contributed by atoms with Crippen molar-refractivity contribution in [2.75, 3.05) is 29.9 Å². The number of pyridine rings is 1. The number of hydrogen-bond acceptors (Lipinski definition) is 8. The van der Waals surface area contributed by atoms with Crippen LogP contribution in [0.1, 0.15) is 26.7 Å². The highest BCUT2D eigenvalue weighted by Gasteiger charge is 2.44. The van der Waals surface area contributed by atoms with Gasteiger partial charge in [0.1, 0.15) is 0 Å². The summed E-state index contributed by atoms with van der Waals surface area (Å²) < 4.78 is 0.911. The second kappa shape index (κ2) is 10.1. The van der Waals surface area contributed by atoms with Crippen LogP contribution < -0.4 is 15.5 Å². The maximum atomic E-state index is 12.0. The summed E-state index contributed by atoms with van der Waals surface area (Å²) in [5, 5.41) is 15.7. The van der Waals surface area contributed by atoms with Crippen LogP contribution in [0.3, 0.4) is 0 Å². The van der Waals surface area contributed by atoms with Gasteiger partial charge in [0, 0.05) is 49.4 Å². The number of amides is 2.